The molecule has 0 radical (unpaired) electrons. The Balaban J connectivity index is 1.46. The van der Waals surface area contributed by atoms with E-state index in [0.717, 1.165) is 11.3 Å². The maximum absolute atomic E-state index is 14.3. The van der Waals surface area contributed by atoms with Crippen molar-refractivity contribution >= 4 is 41.0 Å². The van der Waals surface area contributed by atoms with Crippen molar-refractivity contribution in [3.8, 4) is 6.07 Å². The van der Waals surface area contributed by atoms with E-state index in [1.54, 1.807) is 41.4 Å². The van der Waals surface area contributed by atoms with Crippen LogP contribution in [-0.2, 0) is 4.79 Å². The smallest absolute Gasteiger partial charge is 0.407 e. The van der Waals surface area contributed by atoms with Crippen LogP contribution in [0.3, 0.4) is 0 Å². The van der Waals surface area contributed by atoms with Crippen LogP contribution >= 0.6 is 23.2 Å². The molecule has 2 fully saturated rings. The average Bonchev–Trinajstić information content (AvgIpc) is 3.39. The van der Waals surface area contributed by atoms with Gasteiger partial charge >= 0.3 is 6.09 Å². The van der Waals surface area contributed by atoms with Gasteiger partial charge in [-0.05, 0) is 54.8 Å². The number of nitriles is 1. The Morgan fingerprint density at radius 1 is 0.925 bits per heavy atom. The number of rotatable bonds is 4. The molecule has 1 unspecified atom stereocenters. The lowest BCUT2D eigenvalue weighted by Gasteiger charge is -2.38. The zero-order valence-corrected chi connectivity index (χ0v) is 23.0. The molecule has 2 aliphatic heterocycles. The molecule has 0 bridgehead atoms. The number of amides is 2. The van der Waals surface area contributed by atoms with E-state index in [4.69, 9.17) is 28.5 Å². The predicted octanol–water partition coefficient (Wildman–Crippen LogP) is 4.61. The summed E-state index contributed by atoms with van der Waals surface area (Å²) in [5.41, 5.74) is 1.73. The maximum atomic E-state index is 14.3. The number of anilines is 1. The fourth-order valence-corrected chi connectivity index (χ4v) is 5.71. The van der Waals surface area contributed by atoms with Crippen LogP contribution in [0.25, 0.3) is 0 Å². The van der Waals surface area contributed by atoms with Gasteiger partial charge in [-0.25, -0.2) is 4.79 Å². The second-order valence-electron chi connectivity index (χ2n) is 9.94. The van der Waals surface area contributed by atoms with Gasteiger partial charge in [0.1, 0.15) is 6.07 Å². The Bertz CT molecular complexity index is 1400. The number of nitrogens with zero attached hydrogens (tertiary/aromatic N) is 7. The third-order valence-electron chi connectivity index (χ3n) is 7.51. The van der Waals surface area contributed by atoms with E-state index < -0.39 is 18.1 Å². The van der Waals surface area contributed by atoms with E-state index in [1.165, 1.54) is 4.90 Å². The minimum Gasteiger partial charge on any atom is -0.465 e. The SMILES string of the molecule is N#Cc1ccc(N2C[C@@H](C(=O)N3CCCCN(C(=O)O)C(c4ccc(Cl)cc4)C3)[C@H](c3ccc(Cl)cn3)C2)nn1. The molecule has 0 saturated carbocycles. The molecule has 3 aromatic rings. The molecule has 10 nitrogen and oxygen atoms in total. The molecule has 206 valence electrons. The van der Waals surface area contributed by atoms with Crippen molar-refractivity contribution in [1.29, 1.82) is 5.26 Å². The van der Waals surface area contributed by atoms with Crippen LogP contribution in [0.2, 0.25) is 10.0 Å². The monoisotopic (exact) mass is 579 g/mol. The standard InChI is InChI=1S/C28H27Cl2N7O3/c29-19-5-3-18(4-6-19)25-17-35(11-1-2-12-37(25)28(39)40)27(38)23-16-36(26-10-8-21(13-31)33-34-26)15-22(23)24-9-7-20(30)14-32-24/h3-10,14,22-23,25H,1-2,11-12,15-17H2,(H,39,40)/t22-,23-,25?/m1/s1. The summed E-state index contributed by atoms with van der Waals surface area (Å²) in [6.07, 6.45) is 1.87. The van der Waals surface area contributed by atoms with E-state index in [1.807, 2.05) is 29.2 Å². The number of carbonyl (C=O) groups excluding carboxylic acids is 1. The van der Waals surface area contributed by atoms with Gasteiger partial charge in [0.25, 0.3) is 0 Å². The number of carboxylic acid groups (broad SMARTS) is 1. The molecule has 1 N–H and O–H groups in total. The normalized spacial score (nSPS) is 21.4. The van der Waals surface area contributed by atoms with Crippen LogP contribution in [-0.4, -0.2) is 74.8 Å². The van der Waals surface area contributed by atoms with Gasteiger partial charge in [-0.3, -0.25) is 14.7 Å². The van der Waals surface area contributed by atoms with E-state index in [9.17, 15) is 14.7 Å². The van der Waals surface area contributed by atoms with Gasteiger partial charge in [0.15, 0.2) is 11.5 Å². The van der Waals surface area contributed by atoms with E-state index >= 15 is 0 Å². The molecule has 1 aromatic carbocycles. The topological polar surface area (TPSA) is 127 Å². The van der Waals surface area contributed by atoms with Crippen LogP contribution in [0.4, 0.5) is 10.6 Å². The number of halogens is 2. The molecule has 2 aromatic heterocycles. The molecule has 0 spiro atoms. The van der Waals surface area contributed by atoms with Gasteiger partial charge < -0.3 is 14.9 Å². The summed E-state index contributed by atoms with van der Waals surface area (Å²) in [4.78, 5) is 36.2. The highest BCUT2D eigenvalue weighted by molar-refractivity contribution is 6.30. The quantitative estimate of drug-likeness (QED) is 0.474. The van der Waals surface area contributed by atoms with Crippen LogP contribution in [0, 0.1) is 17.2 Å². The zero-order valence-electron chi connectivity index (χ0n) is 21.5. The first-order valence-corrected chi connectivity index (χ1v) is 13.7. The molecule has 40 heavy (non-hydrogen) atoms. The number of hydrogen-bond acceptors (Lipinski definition) is 7. The minimum absolute atomic E-state index is 0.0722. The average molecular weight is 580 g/mol. The number of hydrogen-bond donors (Lipinski definition) is 1. The van der Waals surface area contributed by atoms with Gasteiger partial charge in [0, 0.05) is 55.6 Å². The summed E-state index contributed by atoms with van der Waals surface area (Å²) >= 11 is 12.2. The lowest BCUT2D eigenvalue weighted by Crippen LogP contribution is -2.48. The highest BCUT2D eigenvalue weighted by Gasteiger charge is 2.43. The zero-order chi connectivity index (χ0) is 28.2. The molecule has 12 heteroatoms. The molecule has 5 rings (SSSR count). The Morgan fingerprint density at radius 3 is 2.33 bits per heavy atom. The fourth-order valence-electron chi connectivity index (χ4n) is 5.47. The molecule has 2 saturated heterocycles. The van der Waals surface area contributed by atoms with Crippen molar-refractivity contribution in [3.63, 3.8) is 0 Å². The summed E-state index contributed by atoms with van der Waals surface area (Å²) in [6.45, 7) is 1.97. The first-order valence-electron chi connectivity index (χ1n) is 13.0. The molecular formula is C28H27Cl2N7O3. The largest absolute Gasteiger partial charge is 0.465 e. The van der Waals surface area contributed by atoms with Crippen molar-refractivity contribution in [2.24, 2.45) is 5.92 Å². The van der Waals surface area contributed by atoms with E-state index in [2.05, 4.69) is 15.2 Å². The first-order chi connectivity index (χ1) is 19.3. The molecule has 0 aliphatic carbocycles. The molecule has 4 heterocycles. The fraction of sp³-hybridized carbons (Fsp3) is 0.357. The van der Waals surface area contributed by atoms with Crippen molar-refractivity contribution in [2.45, 2.75) is 24.8 Å². The van der Waals surface area contributed by atoms with Crippen LogP contribution < -0.4 is 4.90 Å². The number of benzene rings is 1. The second kappa shape index (κ2) is 12.1. The van der Waals surface area contributed by atoms with Crippen molar-refractivity contribution < 1.29 is 14.7 Å². The second-order valence-corrected chi connectivity index (χ2v) is 10.8. The Kier molecular flexibility index (Phi) is 8.33. The number of pyridine rings is 1. The summed E-state index contributed by atoms with van der Waals surface area (Å²) in [6, 6.07) is 15.4. The van der Waals surface area contributed by atoms with Crippen LogP contribution in [0.15, 0.2) is 54.7 Å². The number of carbonyl (C=O) groups is 2. The summed E-state index contributed by atoms with van der Waals surface area (Å²) in [7, 11) is 0. The third-order valence-corrected chi connectivity index (χ3v) is 7.99. The summed E-state index contributed by atoms with van der Waals surface area (Å²) in [5, 5.41) is 28.3. The van der Waals surface area contributed by atoms with E-state index in [-0.39, 0.29) is 24.1 Å². The number of aromatic nitrogens is 3. The molecular weight excluding hydrogens is 553 g/mol. The van der Waals surface area contributed by atoms with Crippen molar-refractivity contribution in [3.05, 3.63) is 81.7 Å². The first kappa shape index (κ1) is 27.6. The summed E-state index contributed by atoms with van der Waals surface area (Å²) < 4.78 is 0. The minimum atomic E-state index is -1.02. The maximum Gasteiger partial charge on any atom is 0.407 e. The molecule has 2 amide bonds. The Labute approximate surface area is 241 Å². The predicted molar refractivity (Wildman–Crippen MR) is 149 cm³/mol. The van der Waals surface area contributed by atoms with Gasteiger partial charge in [0.05, 0.1) is 17.0 Å². The highest BCUT2D eigenvalue weighted by Crippen LogP contribution is 2.36. The van der Waals surface area contributed by atoms with Gasteiger partial charge in [0.2, 0.25) is 5.91 Å². The third kappa shape index (κ3) is 5.96. The van der Waals surface area contributed by atoms with Gasteiger partial charge in [-0.1, -0.05) is 35.3 Å². The van der Waals surface area contributed by atoms with Crippen LogP contribution in [0.1, 0.15) is 41.8 Å². The van der Waals surface area contributed by atoms with Crippen molar-refractivity contribution in [2.75, 3.05) is 37.6 Å². The highest BCUT2D eigenvalue weighted by atomic mass is 35.5. The Morgan fingerprint density at radius 2 is 1.68 bits per heavy atom. The van der Waals surface area contributed by atoms with Gasteiger partial charge in [-0.15, -0.1) is 10.2 Å². The van der Waals surface area contributed by atoms with Gasteiger partial charge in [-0.2, -0.15) is 5.26 Å². The van der Waals surface area contributed by atoms with Crippen molar-refractivity contribution in [1.82, 2.24) is 25.0 Å². The van der Waals surface area contributed by atoms with E-state index in [0.29, 0.717) is 54.9 Å². The van der Waals surface area contributed by atoms with Crippen LogP contribution in [0.5, 0.6) is 0 Å². The lowest BCUT2D eigenvalue weighted by atomic mass is 9.90. The lowest BCUT2D eigenvalue weighted by molar-refractivity contribution is -0.136. The molecule has 3 atom stereocenters. The summed E-state index contributed by atoms with van der Waals surface area (Å²) in [5.74, 6) is -0.221. The Hall–Kier alpha value is -3.94. The molecule has 2 aliphatic rings.